The third-order valence-electron chi connectivity index (χ3n) is 3.53. The molecule has 0 saturated carbocycles. The van der Waals surface area contributed by atoms with Crippen LogP contribution in [-0.2, 0) is 4.74 Å². The third kappa shape index (κ3) is 4.14. The Morgan fingerprint density at radius 3 is 2.77 bits per heavy atom. The van der Waals surface area contributed by atoms with E-state index in [-0.39, 0.29) is 12.1 Å². The van der Waals surface area contributed by atoms with Crippen molar-refractivity contribution >= 4 is 17.5 Å². The summed E-state index contributed by atoms with van der Waals surface area (Å²) in [4.78, 5) is 17.2. The monoisotopic (exact) mass is 301 g/mol. The highest BCUT2D eigenvalue weighted by atomic mass is 16.6. The molecule has 1 N–H and O–H groups in total. The molecule has 1 atom stereocenters. The maximum absolute atomic E-state index is 12.0. The van der Waals surface area contributed by atoms with Crippen molar-refractivity contribution in [2.24, 2.45) is 0 Å². The smallest absolute Gasteiger partial charge is 0.410 e. The highest BCUT2D eigenvalue weighted by molar-refractivity contribution is 5.69. The van der Waals surface area contributed by atoms with Gasteiger partial charge < -0.3 is 15.0 Å². The van der Waals surface area contributed by atoms with Gasteiger partial charge in [-0.3, -0.25) is 0 Å². The van der Waals surface area contributed by atoms with Crippen molar-refractivity contribution in [1.29, 1.82) is 0 Å². The zero-order valence-electron chi connectivity index (χ0n) is 13.6. The summed E-state index contributed by atoms with van der Waals surface area (Å²) in [7, 11) is 0. The lowest BCUT2D eigenvalue weighted by atomic mass is 10.1. The number of amides is 1. The van der Waals surface area contributed by atoms with Crippen LogP contribution in [0.25, 0.3) is 4.85 Å². The lowest BCUT2D eigenvalue weighted by molar-refractivity contribution is 0.0293. The molecular weight excluding hydrogens is 278 g/mol. The second-order valence-electron chi connectivity index (χ2n) is 6.67. The van der Waals surface area contributed by atoms with E-state index in [1.807, 2.05) is 45.9 Å². The number of ether oxygens (including phenoxy) is 1. The average molecular weight is 301 g/mol. The summed E-state index contributed by atoms with van der Waals surface area (Å²) in [5.41, 5.74) is 2.16. The first-order chi connectivity index (χ1) is 10.3. The van der Waals surface area contributed by atoms with E-state index in [0.29, 0.717) is 18.8 Å². The molecule has 5 nitrogen and oxygen atoms in total. The number of benzene rings is 1. The van der Waals surface area contributed by atoms with Gasteiger partial charge in [0.1, 0.15) is 5.60 Å². The highest BCUT2D eigenvalue weighted by Crippen LogP contribution is 2.24. The van der Waals surface area contributed by atoms with E-state index < -0.39 is 5.60 Å². The molecule has 1 amide bonds. The van der Waals surface area contributed by atoms with Crippen molar-refractivity contribution < 1.29 is 9.53 Å². The molecule has 1 heterocycles. The first-order valence-corrected chi connectivity index (χ1v) is 7.51. The zero-order chi connectivity index (χ0) is 16.3. The Labute approximate surface area is 132 Å². The topological polar surface area (TPSA) is 45.9 Å². The van der Waals surface area contributed by atoms with Crippen LogP contribution in [0.15, 0.2) is 18.2 Å². The highest BCUT2D eigenvalue weighted by Gasteiger charge is 2.29. The maximum atomic E-state index is 12.0. The minimum atomic E-state index is -0.463. The summed E-state index contributed by atoms with van der Waals surface area (Å²) in [5.74, 6) is 0. The fraction of sp³-hybridized carbons (Fsp3) is 0.529. The van der Waals surface area contributed by atoms with Gasteiger partial charge in [-0.05, 0) is 51.8 Å². The van der Waals surface area contributed by atoms with Crippen molar-refractivity contribution in [2.45, 2.75) is 45.8 Å². The molecular formula is C17H23N3O2. The van der Waals surface area contributed by atoms with Crippen molar-refractivity contribution in [2.75, 3.05) is 18.4 Å². The fourth-order valence-electron chi connectivity index (χ4n) is 2.48. The van der Waals surface area contributed by atoms with E-state index in [9.17, 15) is 4.79 Å². The molecule has 0 bridgehead atoms. The van der Waals surface area contributed by atoms with Crippen LogP contribution in [0.5, 0.6) is 0 Å². The van der Waals surface area contributed by atoms with Crippen LogP contribution < -0.4 is 5.32 Å². The molecule has 1 aliphatic heterocycles. The number of hydrogen-bond acceptors (Lipinski definition) is 3. The average Bonchev–Trinajstić information content (AvgIpc) is 2.85. The second kappa shape index (κ2) is 6.27. The summed E-state index contributed by atoms with van der Waals surface area (Å²) in [6.45, 7) is 16.0. The Morgan fingerprint density at radius 1 is 1.45 bits per heavy atom. The minimum Gasteiger partial charge on any atom is -0.444 e. The Hall–Kier alpha value is -2.22. The van der Waals surface area contributed by atoms with E-state index in [4.69, 9.17) is 11.3 Å². The molecule has 0 spiro atoms. The molecule has 118 valence electrons. The van der Waals surface area contributed by atoms with E-state index in [2.05, 4.69) is 10.2 Å². The number of rotatable bonds is 2. The Bertz CT molecular complexity index is 599. The van der Waals surface area contributed by atoms with Gasteiger partial charge in [0.05, 0.1) is 6.57 Å². The molecule has 1 fully saturated rings. The molecule has 0 aliphatic carbocycles. The first-order valence-electron chi connectivity index (χ1n) is 7.51. The quantitative estimate of drug-likeness (QED) is 0.841. The molecule has 1 saturated heterocycles. The Balaban J connectivity index is 1.93. The summed E-state index contributed by atoms with van der Waals surface area (Å²) >= 11 is 0. The maximum Gasteiger partial charge on any atom is 0.410 e. The molecule has 0 unspecified atom stereocenters. The van der Waals surface area contributed by atoms with Gasteiger partial charge in [-0.1, -0.05) is 6.07 Å². The normalized spacial score (nSPS) is 18.0. The molecule has 0 aromatic heterocycles. The lowest BCUT2D eigenvalue weighted by Crippen LogP contribution is -2.36. The predicted molar refractivity (Wildman–Crippen MR) is 87.3 cm³/mol. The van der Waals surface area contributed by atoms with E-state index in [0.717, 1.165) is 17.7 Å². The number of anilines is 1. The number of aryl methyl sites for hydroxylation is 1. The summed E-state index contributed by atoms with van der Waals surface area (Å²) in [5, 5.41) is 3.43. The molecule has 5 heteroatoms. The summed E-state index contributed by atoms with van der Waals surface area (Å²) in [6, 6.07) is 5.93. The largest absolute Gasteiger partial charge is 0.444 e. The van der Waals surface area contributed by atoms with Crippen LogP contribution in [0.1, 0.15) is 32.8 Å². The van der Waals surface area contributed by atoms with Gasteiger partial charge in [-0.15, -0.1) is 0 Å². The molecule has 1 aliphatic rings. The molecule has 2 rings (SSSR count). The van der Waals surface area contributed by atoms with Gasteiger partial charge in [0.2, 0.25) is 0 Å². The third-order valence-corrected chi connectivity index (χ3v) is 3.53. The van der Waals surface area contributed by atoms with Gasteiger partial charge in [-0.2, -0.15) is 0 Å². The van der Waals surface area contributed by atoms with Crippen LogP contribution in [0.2, 0.25) is 0 Å². The number of likely N-dealkylation sites (tertiary alicyclic amines) is 1. The molecule has 22 heavy (non-hydrogen) atoms. The Kier molecular flexibility index (Phi) is 4.60. The van der Waals surface area contributed by atoms with Gasteiger partial charge >= 0.3 is 6.09 Å². The zero-order valence-corrected chi connectivity index (χ0v) is 13.6. The van der Waals surface area contributed by atoms with Gasteiger partial charge in [-0.25, -0.2) is 9.64 Å². The van der Waals surface area contributed by atoms with Crippen molar-refractivity contribution in [1.82, 2.24) is 4.90 Å². The van der Waals surface area contributed by atoms with Crippen LogP contribution >= 0.6 is 0 Å². The van der Waals surface area contributed by atoms with Crippen molar-refractivity contribution in [3.8, 4) is 0 Å². The van der Waals surface area contributed by atoms with Crippen LogP contribution in [0.3, 0.4) is 0 Å². The molecule has 1 aromatic rings. The summed E-state index contributed by atoms with van der Waals surface area (Å²) in [6.07, 6.45) is 0.638. The number of nitrogens with one attached hydrogen (secondary N) is 1. The molecule has 0 radical (unpaired) electrons. The molecule has 1 aromatic carbocycles. The van der Waals surface area contributed by atoms with E-state index in [1.54, 1.807) is 4.90 Å². The first kappa shape index (κ1) is 16.2. The Morgan fingerprint density at radius 2 is 2.18 bits per heavy atom. The van der Waals surface area contributed by atoms with Gasteiger partial charge in [0.15, 0.2) is 5.69 Å². The van der Waals surface area contributed by atoms with Crippen molar-refractivity contribution in [3.63, 3.8) is 0 Å². The van der Waals surface area contributed by atoms with Crippen LogP contribution in [-0.4, -0.2) is 35.7 Å². The van der Waals surface area contributed by atoms with Gasteiger partial charge in [0.25, 0.3) is 0 Å². The minimum absolute atomic E-state index is 0.214. The standard InChI is InChI=1S/C17H23N3O2/c1-12-10-13(6-7-15(12)18-5)19-14-8-9-20(11-14)16(21)22-17(2,3)4/h6-7,10,14,19H,8-9,11H2,1-4H3/t14-/m0/s1. The predicted octanol–water partition coefficient (Wildman–Crippen LogP) is 3.97. The fourth-order valence-corrected chi connectivity index (χ4v) is 2.48. The lowest BCUT2D eigenvalue weighted by Gasteiger charge is -2.24. The second-order valence-corrected chi connectivity index (χ2v) is 6.67. The van der Waals surface area contributed by atoms with Crippen LogP contribution in [0, 0.1) is 13.5 Å². The number of nitrogens with zero attached hydrogens (tertiary/aromatic N) is 2. The number of carbonyl (C=O) groups excluding carboxylic acids is 1. The SMILES string of the molecule is [C-]#[N+]c1ccc(N[C@H]2CCN(C(=O)OC(C)(C)C)C2)cc1C. The number of carbonyl (C=O) groups is 1. The van der Waals surface area contributed by atoms with Gasteiger partial charge in [0, 0.05) is 24.8 Å². The van der Waals surface area contributed by atoms with Crippen LogP contribution in [0.4, 0.5) is 16.2 Å². The van der Waals surface area contributed by atoms with E-state index >= 15 is 0 Å². The summed E-state index contributed by atoms with van der Waals surface area (Å²) < 4.78 is 5.40. The van der Waals surface area contributed by atoms with Crippen molar-refractivity contribution in [3.05, 3.63) is 35.2 Å². The number of hydrogen-bond donors (Lipinski definition) is 1. The van der Waals surface area contributed by atoms with E-state index in [1.165, 1.54) is 0 Å².